The lowest BCUT2D eigenvalue weighted by Gasteiger charge is -2.38. The van der Waals surface area contributed by atoms with Gasteiger partial charge < -0.3 is 32.9 Å². The molecule has 1 fully saturated rings. The molecule has 0 spiro atoms. The SMILES string of the molecule is NC(N)=NCCC[C@H](N)C(=O)N1CCC[C@](N)(C(=O)O)C1. The van der Waals surface area contributed by atoms with Gasteiger partial charge in [-0.05, 0) is 25.7 Å². The predicted molar refractivity (Wildman–Crippen MR) is 78.3 cm³/mol. The number of piperidine rings is 1. The van der Waals surface area contributed by atoms with Gasteiger partial charge in [0.05, 0.1) is 6.04 Å². The minimum atomic E-state index is -1.38. The number of aliphatic carboxylic acids is 1. The van der Waals surface area contributed by atoms with Crippen LogP contribution in [0.15, 0.2) is 4.99 Å². The van der Waals surface area contributed by atoms with Gasteiger partial charge in [0.15, 0.2) is 5.96 Å². The molecule has 0 bridgehead atoms. The zero-order valence-corrected chi connectivity index (χ0v) is 12.0. The van der Waals surface area contributed by atoms with E-state index in [-0.39, 0.29) is 18.4 Å². The van der Waals surface area contributed by atoms with Gasteiger partial charge in [-0.2, -0.15) is 0 Å². The first kappa shape index (κ1) is 17.2. The van der Waals surface area contributed by atoms with E-state index in [0.717, 1.165) is 0 Å². The van der Waals surface area contributed by atoms with Crippen LogP contribution >= 0.6 is 0 Å². The lowest BCUT2D eigenvalue weighted by molar-refractivity contribution is -0.148. The third-order valence-corrected chi connectivity index (χ3v) is 3.55. The Hall–Kier alpha value is -1.87. The fourth-order valence-electron chi connectivity index (χ4n) is 2.32. The quantitative estimate of drug-likeness (QED) is 0.209. The molecule has 0 unspecified atom stereocenters. The first-order valence-corrected chi connectivity index (χ1v) is 6.88. The molecule has 0 radical (unpaired) electrons. The zero-order valence-electron chi connectivity index (χ0n) is 12.0. The number of carboxylic acids is 1. The second kappa shape index (κ2) is 7.23. The van der Waals surface area contributed by atoms with Crippen molar-refractivity contribution in [2.75, 3.05) is 19.6 Å². The number of aliphatic imine (C=N–C) groups is 1. The number of likely N-dealkylation sites (tertiary alicyclic amines) is 1. The second-order valence-electron chi connectivity index (χ2n) is 5.38. The summed E-state index contributed by atoms with van der Waals surface area (Å²) >= 11 is 0. The largest absolute Gasteiger partial charge is 0.480 e. The molecule has 0 aromatic rings. The van der Waals surface area contributed by atoms with Crippen LogP contribution < -0.4 is 22.9 Å². The molecule has 0 saturated carbocycles. The molecule has 1 rings (SSSR count). The Kier molecular flexibility index (Phi) is 5.91. The maximum absolute atomic E-state index is 12.2. The number of carboxylic acid groups (broad SMARTS) is 1. The summed E-state index contributed by atoms with van der Waals surface area (Å²) in [6, 6.07) is -0.699. The molecular formula is C12H24N6O3. The molecule has 1 aliphatic heterocycles. The molecular weight excluding hydrogens is 276 g/mol. The first-order chi connectivity index (χ1) is 9.76. The molecule has 1 saturated heterocycles. The van der Waals surface area contributed by atoms with Gasteiger partial charge in [-0.1, -0.05) is 0 Å². The van der Waals surface area contributed by atoms with E-state index < -0.39 is 17.6 Å². The molecule has 0 aliphatic carbocycles. The number of carbonyl (C=O) groups is 2. The summed E-state index contributed by atoms with van der Waals surface area (Å²) in [6.45, 7) is 0.870. The number of nitrogens with two attached hydrogens (primary N) is 4. The van der Waals surface area contributed by atoms with E-state index in [0.29, 0.717) is 38.8 Å². The lowest BCUT2D eigenvalue weighted by Crippen LogP contribution is -2.62. The average molecular weight is 300 g/mol. The molecule has 2 atom stereocenters. The number of hydrogen-bond donors (Lipinski definition) is 5. The van der Waals surface area contributed by atoms with Gasteiger partial charge in [0.2, 0.25) is 5.91 Å². The lowest BCUT2D eigenvalue weighted by atomic mass is 9.90. The van der Waals surface area contributed by atoms with Gasteiger partial charge in [-0.15, -0.1) is 0 Å². The van der Waals surface area contributed by atoms with Crippen LogP contribution in [0.5, 0.6) is 0 Å². The van der Waals surface area contributed by atoms with E-state index in [9.17, 15) is 9.59 Å². The van der Waals surface area contributed by atoms with E-state index in [4.69, 9.17) is 28.0 Å². The molecule has 21 heavy (non-hydrogen) atoms. The third-order valence-electron chi connectivity index (χ3n) is 3.55. The monoisotopic (exact) mass is 300 g/mol. The Balaban J connectivity index is 2.50. The van der Waals surface area contributed by atoms with Crippen molar-refractivity contribution in [3.63, 3.8) is 0 Å². The summed E-state index contributed by atoms with van der Waals surface area (Å²) in [7, 11) is 0. The Bertz CT molecular complexity index is 423. The highest BCUT2D eigenvalue weighted by Crippen LogP contribution is 2.20. The standard InChI is InChI=1S/C12H24N6O3/c13-8(3-1-5-17-11(14)15)9(19)18-6-2-4-12(16,7-18)10(20)21/h8H,1-7,13,16H2,(H,20,21)(H4,14,15,17)/t8-,12+/m0/s1. The van der Waals surface area contributed by atoms with Crippen LogP contribution in [-0.4, -0.2) is 59.1 Å². The number of nitrogens with zero attached hydrogens (tertiary/aromatic N) is 2. The van der Waals surface area contributed by atoms with Crippen LogP contribution in [0.3, 0.4) is 0 Å². The fraction of sp³-hybridized carbons (Fsp3) is 0.750. The summed E-state index contributed by atoms with van der Waals surface area (Å²) < 4.78 is 0. The normalized spacial score (nSPS) is 23.4. The van der Waals surface area contributed by atoms with Crippen LogP contribution in [0.2, 0.25) is 0 Å². The maximum Gasteiger partial charge on any atom is 0.325 e. The van der Waals surface area contributed by atoms with Crippen LogP contribution in [0.1, 0.15) is 25.7 Å². The number of amides is 1. The summed E-state index contributed by atoms with van der Waals surface area (Å²) in [5.41, 5.74) is 20.7. The number of hydrogen-bond acceptors (Lipinski definition) is 5. The van der Waals surface area contributed by atoms with Crippen molar-refractivity contribution >= 4 is 17.8 Å². The third kappa shape index (κ3) is 4.87. The van der Waals surface area contributed by atoms with Gasteiger partial charge in [0, 0.05) is 19.6 Å². The van der Waals surface area contributed by atoms with Crippen molar-refractivity contribution in [2.45, 2.75) is 37.3 Å². The maximum atomic E-state index is 12.2. The van der Waals surface area contributed by atoms with Crippen molar-refractivity contribution in [3.05, 3.63) is 0 Å². The van der Waals surface area contributed by atoms with Gasteiger partial charge in [-0.25, -0.2) is 0 Å². The summed E-state index contributed by atoms with van der Waals surface area (Å²) in [5.74, 6) is -1.38. The highest BCUT2D eigenvalue weighted by Gasteiger charge is 2.40. The zero-order chi connectivity index (χ0) is 16.0. The van der Waals surface area contributed by atoms with E-state index in [1.54, 1.807) is 0 Å². The molecule has 9 heteroatoms. The summed E-state index contributed by atoms with van der Waals surface area (Å²) in [5, 5.41) is 9.13. The van der Waals surface area contributed by atoms with Crippen molar-refractivity contribution in [1.82, 2.24) is 4.90 Å². The molecule has 120 valence electrons. The fourth-order valence-corrected chi connectivity index (χ4v) is 2.32. The Morgan fingerprint density at radius 3 is 2.62 bits per heavy atom. The van der Waals surface area contributed by atoms with E-state index in [1.165, 1.54) is 4.90 Å². The van der Waals surface area contributed by atoms with Gasteiger partial charge >= 0.3 is 5.97 Å². The number of guanidine groups is 1. The summed E-state index contributed by atoms with van der Waals surface area (Å²) in [4.78, 5) is 28.6. The van der Waals surface area contributed by atoms with Crippen molar-refractivity contribution < 1.29 is 14.7 Å². The molecule has 1 amide bonds. The highest BCUT2D eigenvalue weighted by molar-refractivity contribution is 5.84. The van der Waals surface area contributed by atoms with Crippen LogP contribution in [0.4, 0.5) is 0 Å². The van der Waals surface area contributed by atoms with Crippen molar-refractivity contribution in [3.8, 4) is 0 Å². The minimum Gasteiger partial charge on any atom is -0.480 e. The van der Waals surface area contributed by atoms with Crippen LogP contribution in [0, 0.1) is 0 Å². The molecule has 0 aromatic carbocycles. The molecule has 1 aliphatic rings. The van der Waals surface area contributed by atoms with E-state index in [2.05, 4.69) is 4.99 Å². The molecule has 9 N–H and O–H groups in total. The van der Waals surface area contributed by atoms with Gasteiger partial charge in [0.1, 0.15) is 5.54 Å². The average Bonchev–Trinajstić information content (AvgIpc) is 2.42. The number of carbonyl (C=O) groups excluding carboxylic acids is 1. The first-order valence-electron chi connectivity index (χ1n) is 6.88. The Morgan fingerprint density at radius 1 is 1.38 bits per heavy atom. The summed E-state index contributed by atoms with van der Waals surface area (Å²) in [6.07, 6.45) is 1.91. The van der Waals surface area contributed by atoms with Crippen molar-refractivity contribution in [1.29, 1.82) is 0 Å². The second-order valence-corrected chi connectivity index (χ2v) is 5.38. The molecule has 1 heterocycles. The van der Waals surface area contributed by atoms with Gasteiger partial charge in [-0.3, -0.25) is 14.6 Å². The Morgan fingerprint density at radius 2 is 2.05 bits per heavy atom. The molecule has 0 aromatic heterocycles. The Labute approximate surface area is 123 Å². The topological polar surface area (TPSA) is 174 Å². The van der Waals surface area contributed by atoms with Gasteiger partial charge in [0.25, 0.3) is 0 Å². The van der Waals surface area contributed by atoms with Crippen LogP contribution in [0.25, 0.3) is 0 Å². The molecule has 9 nitrogen and oxygen atoms in total. The van der Waals surface area contributed by atoms with Crippen LogP contribution in [-0.2, 0) is 9.59 Å². The number of rotatable bonds is 6. The van der Waals surface area contributed by atoms with Crippen molar-refractivity contribution in [2.24, 2.45) is 27.9 Å². The highest BCUT2D eigenvalue weighted by atomic mass is 16.4. The predicted octanol–water partition coefficient (Wildman–Crippen LogP) is -2.23. The minimum absolute atomic E-state index is 0.000280. The van der Waals surface area contributed by atoms with E-state index >= 15 is 0 Å². The smallest absolute Gasteiger partial charge is 0.325 e. The van der Waals surface area contributed by atoms with E-state index in [1.807, 2.05) is 0 Å².